The molecule has 0 saturated heterocycles. The van der Waals surface area contributed by atoms with Gasteiger partial charge in [0.25, 0.3) is 0 Å². The number of imidazole rings is 1. The highest BCUT2D eigenvalue weighted by molar-refractivity contribution is 5.96. The summed E-state index contributed by atoms with van der Waals surface area (Å²) in [5.41, 5.74) is 0.960. The van der Waals surface area contributed by atoms with E-state index >= 15 is 0 Å². The molecule has 0 bridgehead atoms. The van der Waals surface area contributed by atoms with Crippen LogP contribution in [0.3, 0.4) is 0 Å². The molecule has 1 aromatic carbocycles. The third-order valence-electron chi connectivity index (χ3n) is 3.29. The maximum Gasteiger partial charge on any atom is 0.340 e. The van der Waals surface area contributed by atoms with E-state index in [-0.39, 0.29) is 0 Å². The van der Waals surface area contributed by atoms with E-state index in [0.29, 0.717) is 29.3 Å². The smallest absolute Gasteiger partial charge is 0.340 e. The second-order valence-electron chi connectivity index (χ2n) is 4.55. The zero-order chi connectivity index (χ0) is 16.1. The number of benzene rings is 1. The molecule has 0 radical (unpaired) electrons. The molecule has 2 rings (SSSR count). The second-order valence-corrected chi connectivity index (χ2v) is 4.55. The third kappa shape index (κ3) is 3.13. The van der Waals surface area contributed by atoms with Crippen LogP contribution in [0, 0.1) is 0 Å². The second kappa shape index (κ2) is 6.84. The Labute approximate surface area is 128 Å². The van der Waals surface area contributed by atoms with Crippen LogP contribution in [0.25, 0.3) is 0 Å². The van der Waals surface area contributed by atoms with E-state index in [2.05, 4.69) is 10.3 Å². The number of esters is 1. The van der Waals surface area contributed by atoms with Crippen LogP contribution in [-0.2, 0) is 18.3 Å². The summed E-state index contributed by atoms with van der Waals surface area (Å²) in [7, 11) is 6.29. The van der Waals surface area contributed by atoms with Crippen LogP contribution in [0.15, 0.2) is 24.5 Å². The Morgan fingerprint density at radius 2 is 1.91 bits per heavy atom. The van der Waals surface area contributed by atoms with E-state index in [1.54, 1.807) is 18.3 Å². The average Bonchev–Trinajstić information content (AvgIpc) is 2.96. The van der Waals surface area contributed by atoms with Gasteiger partial charge in [-0.15, -0.1) is 0 Å². The van der Waals surface area contributed by atoms with Gasteiger partial charge < -0.3 is 24.1 Å². The van der Waals surface area contributed by atoms with Gasteiger partial charge in [-0.05, 0) is 0 Å². The molecule has 22 heavy (non-hydrogen) atoms. The van der Waals surface area contributed by atoms with E-state index in [4.69, 9.17) is 14.2 Å². The lowest BCUT2D eigenvalue weighted by atomic mass is 10.1. The molecule has 0 atom stereocenters. The first-order valence-corrected chi connectivity index (χ1v) is 6.65. The van der Waals surface area contributed by atoms with Crippen LogP contribution >= 0.6 is 0 Å². The van der Waals surface area contributed by atoms with Crippen LogP contribution in [-0.4, -0.2) is 36.8 Å². The first kappa shape index (κ1) is 15.7. The molecule has 0 amide bonds. The van der Waals surface area contributed by atoms with Gasteiger partial charge in [0.05, 0.1) is 39.1 Å². The summed E-state index contributed by atoms with van der Waals surface area (Å²) in [6, 6.07) is 3.29. The lowest BCUT2D eigenvalue weighted by Crippen LogP contribution is -2.11. The summed E-state index contributed by atoms with van der Waals surface area (Å²) >= 11 is 0. The molecule has 0 spiro atoms. The van der Waals surface area contributed by atoms with Crippen LogP contribution in [0.4, 0.5) is 5.69 Å². The lowest BCUT2D eigenvalue weighted by molar-refractivity contribution is 0.0601. The van der Waals surface area contributed by atoms with Crippen LogP contribution in [0.1, 0.15) is 16.2 Å². The highest BCUT2D eigenvalue weighted by Gasteiger charge is 2.17. The van der Waals surface area contributed by atoms with Crippen molar-refractivity contribution in [2.45, 2.75) is 6.54 Å². The van der Waals surface area contributed by atoms with Crippen molar-refractivity contribution in [3.05, 3.63) is 35.9 Å². The number of anilines is 1. The number of nitrogens with one attached hydrogen (secondary N) is 1. The Morgan fingerprint density at radius 1 is 1.23 bits per heavy atom. The summed E-state index contributed by atoms with van der Waals surface area (Å²) in [6.07, 6.45) is 3.57. The summed E-state index contributed by atoms with van der Waals surface area (Å²) < 4.78 is 17.2. The molecule has 1 heterocycles. The Hall–Kier alpha value is -2.70. The summed E-state index contributed by atoms with van der Waals surface area (Å²) in [4.78, 5) is 16.2. The van der Waals surface area contributed by atoms with Crippen molar-refractivity contribution < 1.29 is 19.0 Å². The predicted molar refractivity (Wildman–Crippen MR) is 81.4 cm³/mol. The maximum atomic E-state index is 12.0. The third-order valence-corrected chi connectivity index (χ3v) is 3.29. The number of aromatic nitrogens is 2. The normalized spacial score (nSPS) is 10.2. The molecule has 0 aliphatic carbocycles. The minimum Gasteiger partial charge on any atom is -0.493 e. The van der Waals surface area contributed by atoms with Crippen molar-refractivity contribution in [2.75, 3.05) is 26.6 Å². The number of hydrogen-bond donors (Lipinski definition) is 1. The molecule has 0 saturated carbocycles. The number of carbonyl (C=O) groups excluding carboxylic acids is 1. The van der Waals surface area contributed by atoms with Crippen molar-refractivity contribution in [3.8, 4) is 11.5 Å². The number of aryl methyl sites for hydroxylation is 1. The van der Waals surface area contributed by atoms with Gasteiger partial charge in [0, 0.05) is 31.6 Å². The molecule has 0 aliphatic heterocycles. The van der Waals surface area contributed by atoms with Gasteiger partial charge in [-0.2, -0.15) is 0 Å². The minimum absolute atomic E-state index is 0.370. The largest absolute Gasteiger partial charge is 0.493 e. The van der Waals surface area contributed by atoms with Gasteiger partial charge in [-0.1, -0.05) is 0 Å². The van der Waals surface area contributed by atoms with Gasteiger partial charge >= 0.3 is 5.97 Å². The zero-order valence-electron chi connectivity index (χ0n) is 13.0. The van der Waals surface area contributed by atoms with Gasteiger partial charge in [0.15, 0.2) is 11.5 Å². The van der Waals surface area contributed by atoms with E-state index in [1.165, 1.54) is 21.3 Å². The van der Waals surface area contributed by atoms with Gasteiger partial charge in [0.1, 0.15) is 5.82 Å². The summed E-state index contributed by atoms with van der Waals surface area (Å²) in [5, 5.41) is 3.18. The molecule has 7 nitrogen and oxygen atoms in total. The number of nitrogens with zero attached hydrogens (tertiary/aromatic N) is 2. The topological polar surface area (TPSA) is 74.6 Å². The molecule has 2 aromatic rings. The van der Waals surface area contributed by atoms with Crippen molar-refractivity contribution >= 4 is 11.7 Å². The fourth-order valence-corrected chi connectivity index (χ4v) is 2.05. The van der Waals surface area contributed by atoms with Crippen LogP contribution in [0.2, 0.25) is 0 Å². The highest BCUT2D eigenvalue weighted by atomic mass is 16.5. The monoisotopic (exact) mass is 305 g/mol. The SMILES string of the molecule is COC(=O)c1cc(OC)c(OC)cc1NCc1nccn1C. The van der Waals surface area contributed by atoms with Gasteiger partial charge in [0.2, 0.25) is 0 Å². The van der Waals surface area contributed by atoms with Gasteiger partial charge in [-0.25, -0.2) is 9.78 Å². The number of rotatable bonds is 6. The summed E-state index contributed by atoms with van der Waals surface area (Å²) in [5.74, 6) is 1.37. The number of ether oxygens (including phenoxy) is 3. The Bertz CT molecular complexity index is 667. The first-order chi connectivity index (χ1) is 10.6. The van der Waals surface area contributed by atoms with E-state index in [1.807, 2.05) is 17.8 Å². The fraction of sp³-hybridized carbons (Fsp3) is 0.333. The van der Waals surface area contributed by atoms with E-state index in [0.717, 1.165) is 5.82 Å². The van der Waals surface area contributed by atoms with Crippen molar-refractivity contribution in [2.24, 2.45) is 7.05 Å². The molecule has 1 N–H and O–H groups in total. The Balaban J connectivity index is 2.34. The molecular weight excluding hydrogens is 286 g/mol. The minimum atomic E-state index is -0.455. The van der Waals surface area contributed by atoms with Crippen molar-refractivity contribution in [3.63, 3.8) is 0 Å². The molecular formula is C15H19N3O4. The Kier molecular flexibility index (Phi) is 4.88. The molecule has 7 heteroatoms. The van der Waals surface area contributed by atoms with Gasteiger partial charge in [-0.3, -0.25) is 0 Å². The molecule has 118 valence electrons. The lowest BCUT2D eigenvalue weighted by Gasteiger charge is -2.15. The fourth-order valence-electron chi connectivity index (χ4n) is 2.05. The quantitative estimate of drug-likeness (QED) is 0.821. The van der Waals surface area contributed by atoms with Crippen molar-refractivity contribution in [1.82, 2.24) is 9.55 Å². The molecule has 1 aromatic heterocycles. The molecule has 0 aliphatic rings. The molecule has 0 fully saturated rings. The Morgan fingerprint density at radius 3 is 2.45 bits per heavy atom. The van der Waals surface area contributed by atoms with E-state index in [9.17, 15) is 4.79 Å². The zero-order valence-corrected chi connectivity index (χ0v) is 13.0. The first-order valence-electron chi connectivity index (χ1n) is 6.65. The summed E-state index contributed by atoms with van der Waals surface area (Å²) in [6.45, 7) is 0.461. The highest BCUT2D eigenvalue weighted by Crippen LogP contribution is 2.33. The maximum absolute atomic E-state index is 12.0. The number of hydrogen-bond acceptors (Lipinski definition) is 6. The number of methoxy groups -OCH3 is 3. The number of carbonyl (C=O) groups is 1. The average molecular weight is 305 g/mol. The van der Waals surface area contributed by atoms with Crippen molar-refractivity contribution in [1.29, 1.82) is 0 Å². The van der Waals surface area contributed by atoms with Crippen LogP contribution in [0.5, 0.6) is 11.5 Å². The van der Waals surface area contributed by atoms with E-state index < -0.39 is 5.97 Å². The standard InChI is InChI=1S/C15H19N3O4/c1-18-6-5-16-14(18)9-17-11-8-13(21-3)12(20-2)7-10(11)15(19)22-4/h5-8,17H,9H2,1-4H3. The predicted octanol–water partition coefficient (Wildman–Crippen LogP) is 1.84. The van der Waals surface area contributed by atoms with Crippen LogP contribution < -0.4 is 14.8 Å². The molecule has 0 unspecified atom stereocenters.